The number of hydrogen-bond donors (Lipinski definition) is 1. The molecule has 1 fully saturated rings. The van der Waals surface area contributed by atoms with Crippen molar-refractivity contribution in [3.63, 3.8) is 0 Å². The minimum absolute atomic E-state index is 0.0450. The zero-order valence-electron chi connectivity index (χ0n) is 6.47. The Bertz CT molecular complexity index is 122. The van der Waals surface area contributed by atoms with Crippen molar-refractivity contribution in [3.05, 3.63) is 0 Å². The molecule has 6 atom stereocenters. The molecule has 1 saturated heterocycles. The Hall–Kier alpha value is 1.13. The van der Waals surface area contributed by atoms with Gasteiger partial charge in [0.15, 0.2) is 6.29 Å². The Morgan fingerprint density at radius 1 is 1.67 bits per heavy atom. The monoisotopic (exact) mass is 230 g/mol. The van der Waals surface area contributed by atoms with Gasteiger partial charge in [-0.3, -0.25) is 0 Å². The first-order valence-corrected chi connectivity index (χ1v) is 6.73. The molecule has 7 heteroatoms. The van der Waals surface area contributed by atoms with Crippen molar-refractivity contribution in [3.8, 4) is 0 Å². The van der Waals surface area contributed by atoms with Gasteiger partial charge in [-0.25, -0.2) is 0 Å². The van der Waals surface area contributed by atoms with Crippen LogP contribution in [0.1, 0.15) is 6.42 Å². The highest BCUT2D eigenvalue weighted by Gasteiger charge is 2.34. The van der Waals surface area contributed by atoms with E-state index in [4.69, 9.17) is 18.9 Å². The molecule has 1 heterocycles. The zero-order chi connectivity index (χ0) is 8.97. The summed E-state index contributed by atoms with van der Waals surface area (Å²) in [5.41, 5.74) is 0. The van der Waals surface area contributed by atoms with Crippen molar-refractivity contribution in [2.24, 2.45) is 0 Å². The second-order valence-corrected chi connectivity index (χ2v) is 3.98. The third-order valence-electron chi connectivity index (χ3n) is 1.66. The second kappa shape index (κ2) is 5.78. The van der Waals surface area contributed by atoms with Crippen molar-refractivity contribution in [2.75, 3.05) is 6.61 Å². The van der Waals surface area contributed by atoms with Crippen LogP contribution in [0.25, 0.3) is 0 Å². The minimum atomic E-state index is -0.707. The van der Waals surface area contributed by atoms with Gasteiger partial charge >= 0.3 is 0 Å². The van der Waals surface area contributed by atoms with Crippen molar-refractivity contribution in [2.45, 2.75) is 24.9 Å². The summed E-state index contributed by atoms with van der Waals surface area (Å²) < 4.78 is 15.4. The number of hydrogen-bond acceptors (Lipinski definition) is 4. The smallest absolute Gasteiger partial charge is 0.157 e. The first-order valence-electron chi connectivity index (χ1n) is 3.54. The highest BCUT2D eigenvalue weighted by atomic mass is 32.0. The molecule has 1 aliphatic heterocycles. The summed E-state index contributed by atoms with van der Waals surface area (Å²) in [6.45, 7) is 0.432. The summed E-state index contributed by atoms with van der Waals surface area (Å²) in [4.78, 5) is 0. The largest absolute Gasteiger partial charge is 0.368 e. The van der Waals surface area contributed by atoms with E-state index in [1.54, 1.807) is 0 Å². The van der Waals surface area contributed by atoms with Crippen molar-refractivity contribution >= 4 is 26.9 Å². The maximum absolute atomic E-state index is 9.15. The summed E-state index contributed by atoms with van der Waals surface area (Å²) in [5, 5.41) is 9.15. The van der Waals surface area contributed by atoms with Crippen LogP contribution in [0.15, 0.2) is 0 Å². The average molecular weight is 230 g/mol. The molecule has 0 bridgehead atoms. The van der Waals surface area contributed by atoms with E-state index < -0.39 is 6.29 Å². The number of aliphatic hydroxyl groups excluding tert-OH is 1. The maximum atomic E-state index is 9.15. The van der Waals surface area contributed by atoms with E-state index in [2.05, 4.69) is 18.4 Å². The van der Waals surface area contributed by atoms with Gasteiger partial charge in [0.25, 0.3) is 0 Å². The van der Waals surface area contributed by atoms with Crippen molar-refractivity contribution in [1.29, 1.82) is 0 Å². The third kappa shape index (κ3) is 3.12. The van der Waals surface area contributed by atoms with E-state index in [0.717, 1.165) is 0 Å². The molecule has 0 saturated carbocycles. The van der Waals surface area contributed by atoms with Crippen molar-refractivity contribution < 1.29 is 18.9 Å². The van der Waals surface area contributed by atoms with E-state index in [9.17, 15) is 0 Å². The Labute approximate surface area is 78.0 Å². The lowest BCUT2D eigenvalue weighted by molar-refractivity contribution is -0.102. The molecule has 0 aromatic heterocycles. The van der Waals surface area contributed by atoms with Crippen LogP contribution >= 0.6 is 26.9 Å². The highest BCUT2D eigenvalue weighted by molar-refractivity contribution is 8.00. The lowest BCUT2D eigenvalue weighted by Gasteiger charge is -2.16. The van der Waals surface area contributed by atoms with Crippen LogP contribution < -0.4 is 0 Å². The van der Waals surface area contributed by atoms with E-state index in [0.29, 0.717) is 21.5 Å². The second-order valence-electron chi connectivity index (χ2n) is 2.47. The van der Waals surface area contributed by atoms with Gasteiger partial charge in [0.05, 0.1) is 12.7 Å². The highest BCUT2D eigenvalue weighted by Crippen LogP contribution is 2.32. The average Bonchev–Trinajstić information content (AvgIpc) is 2.33. The fourth-order valence-electron chi connectivity index (χ4n) is 1.15. The Balaban J connectivity index is 2.36. The van der Waals surface area contributed by atoms with Gasteiger partial charge < -0.3 is 18.9 Å². The fraction of sp³-hybridized carbons (Fsp3) is 1.00. The van der Waals surface area contributed by atoms with Crippen LogP contribution in [-0.2, 0) is 13.8 Å². The molecular weight excluding hydrogens is 217 g/mol. The molecule has 0 aliphatic carbocycles. The maximum Gasteiger partial charge on any atom is 0.157 e. The summed E-state index contributed by atoms with van der Waals surface area (Å²) in [5.74, 6) is 0. The minimum Gasteiger partial charge on any atom is -0.368 e. The van der Waals surface area contributed by atoms with Gasteiger partial charge in [0.1, 0.15) is 6.10 Å². The summed E-state index contributed by atoms with van der Waals surface area (Å²) in [6, 6.07) is 0. The molecule has 0 aromatic rings. The molecular formula is C5H13O4P3. The fourth-order valence-corrected chi connectivity index (χ4v) is 2.29. The lowest BCUT2D eigenvalue weighted by atomic mass is 10.2. The SMILES string of the molecule is OC1C[C@@H](OPP)[C@@H](COP)O1. The number of ether oxygens (including phenoxy) is 1. The van der Waals surface area contributed by atoms with E-state index >= 15 is 0 Å². The van der Waals surface area contributed by atoms with Crippen LogP contribution in [0, 0.1) is 0 Å². The van der Waals surface area contributed by atoms with Crippen molar-refractivity contribution in [1.82, 2.24) is 0 Å². The molecule has 4 unspecified atom stereocenters. The van der Waals surface area contributed by atoms with Crippen LogP contribution in [0.5, 0.6) is 0 Å². The molecule has 12 heavy (non-hydrogen) atoms. The molecule has 1 rings (SSSR count). The zero-order valence-corrected chi connectivity index (χ0v) is 9.78. The van der Waals surface area contributed by atoms with E-state index in [-0.39, 0.29) is 12.2 Å². The molecule has 1 N–H and O–H groups in total. The third-order valence-corrected chi connectivity index (χ3v) is 2.70. The van der Waals surface area contributed by atoms with Gasteiger partial charge in [-0.05, 0) is 0 Å². The summed E-state index contributed by atoms with van der Waals surface area (Å²) in [7, 11) is 4.98. The van der Waals surface area contributed by atoms with Crippen LogP contribution in [0.4, 0.5) is 0 Å². The normalized spacial score (nSPS) is 36.8. The molecule has 0 amide bonds. The van der Waals surface area contributed by atoms with Gasteiger partial charge in [-0.2, -0.15) is 0 Å². The lowest BCUT2D eigenvalue weighted by Crippen LogP contribution is -2.25. The quantitative estimate of drug-likeness (QED) is 0.721. The van der Waals surface area contributed by atoms with Gasteiger partial charge in [0, 0.05) is 24.4 Å². The first kappa shape index (κ1) is 11.2. The van der Waals surface area contributed by atoms with Crippen LogP contribution in [0.3, 0.4) is 0 Å². The van der Waals surface area contributed by atoms with Crippen LogP contribution in [0.2, 0.25) is 0 Å². The summed E-state index contributed by atoms with van der Waals surface area (Å²) in [6.07, 6.45) is -0.372. The Morgan fingerprint density at radius 3 is 3.00 bits per heavy atom. The van der Waals surface area contributed by atoms with E-state index in [1.807, 2.05) is 0 Å². The van der Waals surface area contributed by atoms with Crippen LogP contribution in [-0.4, -0.2) is 30.2 Å². The Morgan fingerprint density at radius 2 is 2.42 bits per heavy atom. The predicted molar refractivity (Wildman–Crippen MR) is 54.1 cm³/mol. The summed E-state index contributed by atoms with van der Waals surface area (Å²) >= 11 is 0. The van der Waals surface area contributed by atoms with Gasteiger partial charge in [-0.1, -0.05) is 8.93 Å². The molecule has 0 spiro atoms. The topological polar surface area (TPSA) is 47.9 Å². The number of aliphatic hydroxyl groups is 1. The molecule has 4 nitrogen and oxygen atoms in total. The molecule has 0 aromatic carbocycles. The standard InChI is InChI=1S/C5H13O4P3/c6-5-1-3(9-12-11)4(8-5)2-7-10/h3-6,12H,1-2,10-11H2/t3-,4-,5?/m1/s1. The predicted octanol–water partition coefficient (Wildman–Crippen LogP) is 0.669. The molecule has 0 radical (unpaired) electrons. The van der Waals surface area contributed by atoms with Gasteiger partial charge in [-0.15, -0.1) is 0 Å². The van der Waals surface area contributed by atoms with Gasteiger partial charge in [0.2, 0.25) is 0 Å². The first-order chi connectivity index (χ1) is 5.77. The van der Waals surface area contributed by atoms with E-state index in [1.165, 1.54) is 0 Å². The number of rotatable bonds is 4. The molecule has 1 aliphatic rings. The molecule has 72 valence electrons. The Kier molecular flexibility index (Phi) is 5.39.